The van der Waals surface area contributed by atoms with Gasteiger partial charge < -0.3 is 34.8 Å². The Labute approximate surface area is 212 Å². The number of oxime groups is 1. The number of carboxylic acid groups (broad SMARTS) is 1. The number of fused-ring (bicyclic) bond motifs is 1. The number of carboxylic acids is 1. The number of methoxy groups -OCH3 is 1. The van der Waals surface area contributed by atoms with Crippen molar-refractivity contribution in [2.24, 2.45) is 5.16 Å². The average Bonchev–Trinajstić information content (AvgIpc) is 3.57. The van der Waals surface area contributed by atoms with Crippen molar-refractivity contribution in [2.75, 3.05) is 38.8 Å². The van der Waals surface area contributed by atoms with E-state index in [-0.39, 0.29) is 41.4 Å². The molecular weight excluding hydrogens is 485 g/mol. The number of anilines is 1. The monoisotopic (exact) mass is 515 g/mol. The molecule has 1 aromatic carbocycles. The van der Waals surface area contributed by atoms with Gasteiger partial charge in [0, 0.05) is 31.7 Å². The molecule has 5 rings (SSSR count). The molecule has 3 heterocycles. The lowest BCUT2D eigenvalue weighted by atomic mass is 10.0. The SMILES string of the molecule is CO/N=C1\CCN(c2c(F)cc3c(=O)c(C(=O)O)cn(C4CC4)c3c2OC)CC1NC(=O)[C@H]1CCCN1. The molecule has 2 saturated heterocycles. The van der Waals surface area contributed by atoms with Gasteiger partial charge >= 0.3 is 5.97 Å². The first kappa shape index (κ1) is 25.0. The summed E-state index contributed by atoms with van der Waals surface area (Å²) in [4.78, 5) is 44.3. The Hall–Kier alpha value is -3.67. The number of aromatic carboxylic acids is 1. The number of ether oxygens (including phenoxy) is 1. The molecule has 11 nitrogen and oxygen atoms in total. The summed E-state index contributed by atoms with van der Waals surface area (Å²) in [6.45, 7) is 1.36. The number of amides is 1. The van der Waals surface area contributed by atoms with Crippen molar-refractivity contribution in [1.29, 1.82) is 0 Å². The molecule has 0 bridgehead atoms. The van der Waals surface area contributed by atoms with Crippen LogP contribution >= 0.6 is 0 Å². The van der Waals surface area contributed by atoms with Crippen LogP contribution in [0, 0.1) is 5.82 Å². The molecule has 1 unspecified atom stereocenters. The van der Waals surface area contributed by atoms with Crippen molar-refractivity contribution >= 4 is 34.2 Å². The third-order valence-electron chi connectivity index (χ3n) is 7.23. The van der Waals surface area contributed by atoms with Gasteiger partial charge in [-0.3, -0.25) is 9.59 Å². The highest BCUT2D eigenvalue weighted by Gasteiger charge is 2.35. The lowest BCUT2D eigenvalue weighted by Gasteiger charge is -2.36. The predicted octanol–water partition coefficient (Wildman–Crippen LogP) is 1.63. The normalized spacial score (nSPS) is 22.9. The van der Waals surface area contributed by atoms with Crippen molar-refractivity contribution in [3.8, 4) is 5.75 Å². The van der Waals surface area contributed by atoms with Gasteiger partial charge in [0.05, 0.1) is 35.8 Å². The van der Waals surface area contributed by atoms with Crippen LogP contribution in [0.15, 0.2) is 22.2 Å². The van der Waals surface area contributed by atoms with E-state index in [1.807, 2.05) is 0 Å². The van der Waals surface area contributed by atoms with Crippen molar-refractivity contribution < 1.29 is 28.7 Å². The topological polar surface area (TPSA) is 134 Å². The molecule has 2 aliphatic heterocycles. The van der Waals surface area contributed by atoms with Gasteiger partial charge in [0.1, 0.15) is 18.4 Å². The minimum atomic E-state index is -1.36. The van der Waals surface area contributed by atoms with Crippen LogP contribution in [0.2, 0.25) is 0 Å². The molecular formula is C25H30FN5O6. The number of carbonyl (C=O) groups excluding carboxylic acids is 1. The first-order valence-corrected chi connectivity index (χ1v) is 12.4. The Morgan fingerprint density at radius 3 is 2.68 bits per heavy atom. The van der Waals surface area contributed by atoms with Crippen molar-refractivity contribution in [3.63, 3.8) is 0 Å². The summed E-state index contributed by atoms with van der Waals surface area (Å²) < 4.78 is 23.1. The van der Waals surface area contributed by atoms with E-state index in [9.17, 15) is 19.5 Å². The fourth-order valence-corrected chi connectivity index (χ4v) is 5.30. The standard InChI is InChI=1S/C25H30FN5O6/c1-36-23-20-14(22(32)15(25(34)35)11-31(20)13-5-6-13)10-16(26)21(23)30-9-7-17(29-37-2)19(12-30)28-24(33)18-4-3-8-27-18/h10-11,13,18-19,27H,3-9,12H2,1-2H3,(H,28,33)(H,34,35)/b29-17+/t18-,19?/m1/s1. The van der Waals surface area contributed by atoms with E-state index >= 15 is 4.39 Å². The molecule has 198 valence electrons. The maximum Gasteiger partial charge on any atom is 0.341 e. The van der Waals surface area contributed by atoms with Crippen LogP contribution in [-0.4, -0.2) is 73.2 Å². The molecule has 3 aliphatic rings. The average molecular weight is 516 g/mol. The third kappa shape index (κ3) is 4.61. The van der Waals surface area contributed by atoms with Crippen LogP contribution in [0.25, 0.3) is 10.9 Å². The Kier molecular flexibility index (Phi) is 6.76. The summed E-state index contributed by atoms with van der Waals surface area (Å²) in [6.07, 6.45) is 5.02. The van der Waals surface area contributed by atoms with E-state index in [0.717, 1.165) is 38.3 Å². The minimum absolute atomic E-state index is 0.00107. The Bertz CT molecular complexity index is 1330. The number of benzene rings is 1. The molecule has 1 aromatic heterocycles. The van der Waals surface area contributed by atoms with Crippen LogP contribution in [-0.2, 0) is 9.63 Å². The Balaban J connectivity index is 1.57. The zero-order chi connectivity index (χ0) is 26.3. The van der Waals surface area contributed by atoms with Gasteiger partial charge in [-0.15, -0.1) is 0 Å². The number of pyridine rings is 1. The first-order chi connectivity index (χ1) is 17.8. The smallest absolute Gasteiger partial charge is 0.341 e. The number of nitrogens with zero attached hydrogens (tertiary/aromatic N) is 3. The third-order valence-corrected chi connectivity index (χ3v) is 7.23. The molecule has 12 heteroatoms. The summed E-state index contributed by atoms with van der Waals surface area (Å²) in [5.74, 6) is -2.06. The molecule has 2 aromatic rings. The number of aromatic nitrogens is 1. The highest BCUT2D eigenvalue weighted by atomic mass is 19.1. The van der Waals surface area contributed by atoms with E-state index in [0.29, 0.717) is 24.2 Å². The summed E-state index contributed by atoms with van der Waals surface area (Å²) in [7, 11) is 2.84. The second-order valence-corrected chi connectivity index (χ2v) is 9.62. The largest absolute Gasteiger partial charge is 0.492 e. The second kappa shape index (κ2) is 10.0. The lowest BCUT2D eigenvalue weighted by Crippen LogP contribution is -2.56. The highest BCUT2D eigenvalue weighted by Crippen LogP contribution is 2.44. The Morgan fingerprint density at radius 2 is 2.05 bits per heavy atom. The van der Waals surface area contributed by atoms with E-state index in [1.54, 1.807) is 9.47 Å². The quantitative estimate of drug-likeness (QED) is 0.474. The van der Waals surface area contributed by atoms with Crippen molar-refractivity contribution in [3.05, 3.63) is 33.9 Å². The molecule has 0 spiro atoms. The van der Waals surface area contributed by atoms with Gasteiger partial charge in [-0.1, -0.05) is 5.16 Å². The minimum Gasteiger partial charge on any atom is -0.492 e. The highest BCUT2D eigenvalue weighted by molar-refractivity contribution is 5.99. The van der Waals surface area contributed by atoms with Crippen LogP contribution in [0.1, 0.15) is 48.5 Å². The summed E-state index contributed by atoms with van der Waals surface area (Å²) in [5, 5.41) is 19.8. The van der Waals surface area contributed by atoms with E-state index in [4.69, 9.17) is 9.57 Å². The lowest BCUT2D eigenvalue weighted by molar-refractivity contribution is -0.123. The van der Waals surface area contributed by atoms with E-state index in [2.05, 4.69) is 15.8 Å². The van der Waals surface area contributed by atoms with Gasteiger partial charge in [0.25, 0.3) is 0 Å². The van der Waals surface area contributed by atoms with Gasteiger partial charge in [-0.2, -0.15) is 0 Å². The van der Waals surface area contributed by atoms with Crippen molar-refractivity contribution in [2.45, 2.75) is 50.2 Å². The van der Waals surface area contributed by atoms with Gasteiger partial charge in [0.15, 0.2) is 11.6 Å². The number of hydrogen-bond acceptors (Lipinski definition) is 8. The van der Waals surface area contributed by atoms with Gasteiger partial charge in [0.2, 0.25) is 11.3 Å². The fraction of sp³-hybridized carbons (Fsp3) is 0.520. The van der Waals surface area contributed by atoms with E-state index < -0.39 is 28.8 Å². The number of nitrogens with one attached hydrogen (secondary N) is 2. The number of carbonyl (C=O) groups is 2. The summed E-state index contributed by atoms with van der Waals surface area (Å²) in [5.41, 5.74) is -0.00265. The second-order valence-electron chi connectivity index (χ2n) is 9.62. The predicted molar refractivity (Wildman–Crippen MR) is 134 cm³/mol. The number of rotatable bonds is 7. The molecule has 3 N–H and O–H groups in total. The molecule has 1 amide bonds. The van der Waals surface area contributed by atoms with Gasteiger partial charge in [-0.25, -0.2) is 9.18 Å². The molecule has 1 saturated carbocycles. The zero-order valence-corrected chi connectivity index (χ0v) is 20.8. The maximum atomic E-state index is 15.7. The molecule has 3 fully saturated rings. The number of piperidine rings is 1. The number of halogens is 1. The number of hydrogen-bond donors (Lipinski definition) is 3. The summed E-state index contributed by atoms with van der Waals surface area (Å²) in [6, 6.07) is 0.280. The van der Waals surface area contributed by atoms with Crippen LogP contribution in [0.4, 0.5) is 10.1 Å². The van der Waals surface area contributed by atoms with E-state index in [1.165, 1.54) is 20.4 Å². The Morgan fingerprint density at radius 1 is 1.27 bits per heavy atom. The first-order valence-electron chi connectivity index (χ1n) is 12.4. The van der Waals surface area contributed by atoms with Crippen LogP contribution < -0.4 is 25.7 Å². The summed E-state index contributed by atoms with van der Waals surface area (Å²) >= 11 is 0. The van der Waals surface area contributed by atoms with Crippen LogP contribution in [0.5, 0.6) is 5.75 Å². The molecule has 2 atom stereocenters. The molecule has 1 aliphatic carbocycles. The van der Waals surface area contributed by atoms with Gasteiger partial charge in [-0.05, 0) is 38.3 Å². The fourth-order valence-electron chi connectivity index (χ4n) is 5.30. The molecule has 37 heavy (non-hydrogen) atoms. The van der Waals surface area contributed by atoms with Crippen molar-refractivity contribution in [1.82, 2.24) is 15.2 Å². The maximum absolute atomic E-state index is 15.7. The van der Waals surface area contributed by atoms with Crippen LogP contribution in [0.3, 0.4) is 0 Å². The molecule has 0 radical (unpaired) electrons. The zero-order valence-electron chi connectivity index (χ0n) is 20.8.